The molecule has 0 unspecified atom stereocenters. The van der Waals surface area contributed by atoms with Gasteiger partial charge >= 0.3 is 0 Å². The fourth-order valence-corrected chi connectivity index (χ4v) is 2.44. The summed E-state index contributed by atoms with van der Waals surface area (Å²) in [4.78, 5) is 28.4. The van der Waals surface area contributed by atoms with E-state index in [0.29, 0.717) is 6.54 Å². The van der Waals surface area contributed by atoms with Crippen LogP contribution < -0.4 is 0 Å². The van der Waals surface area contributed by atoms with Gasteiger partial charge in [-0.15, -0.1) is 0 Å². The third kappa shape index (κ3) is 3.10. The number of nitrogens with zero attached hydrogens (tertiary/aromatic N) is 4. The summed E-state index contributed by atoms with van der Waals surface area (Å²) in [6.45, 7) is 0.317. The Labute approximate surface area is 129 Å². The molecule has 2 aromatic rings. The zero-order valence-corrected chi connectivity index (χ0v) is 13.1. The Morgan fingerprint density at radius 3 is 2.81 bits per heavy atom. The van der Waals surface area contributed by atoms with Gasteiger partial charge < -0.3 is 9.47 Å². The van der Waals surface area contributed by atoms with E-state index in [9.17, 15) is 14.9 Å². The highest BCUT2D eigenvalue weighted by atomic mass is 79.9. The molecule has 21 heavy (non-hydrogen) atoms. The predicted molar refractivity (Wildman–Crippen MR) is 79.8 cm³/mol. The maximum absolute atomic E-state index is 12.4. The number of rotatable bonds is 4. The molecule has 0 saturated carbocycles. The van der Waals surface area contributed by atoms with Crippen molar-refractivity contribution in [2.24, 2.45) is 7.05 Å². The zero-order valence-electron chi connectivity index (χ0n) is 11.5. The topological polar surface area (TPSA) is 81.3 Å². The van der Waals surface area contributed by atoms with E-state index >= 15 is 0 Å². The van der Waals surface area contributed by atoms with Crippen LogP contribution >= 0.6 is 15.9 Å². The number of aromatic nitrogens is 2. The van der Waals surface area contributed by atoms with Crippen molar-refractivity contribution < 1.29 is 9.72 Å². The van der Waals surface area contributed by atoms with Gasteiger partial charge in [-0.05, 0) is 22.0 Å². The maximum atomic E-state index is 12.4. The molecule has 0 aliphatic heterocycles. The van der Waals surface area contributed by atoms with E-state index in [0.717, 1.165) is 5.82 Å². The number of imidazole rings is 1. The molecule has 0 radical (unpaired) electrons. The van der Waals surface area contributed by atoms with E-state index in [4.69, 9.17) is 0 Å². The Balaban J connectivity index is 2.26. The van der Waals surface area contributed by atoms with Crippen molar-refractivity contribution in [2.75, 3.05) is 7.05 Å². The smallest absolute Gasteiger partial charge is 0.284 e. The second-order valence-corrected chi connectivity index (χ2v) is 5.30. The average molecular weight is 353 g/mol. The zero-order chi connectivity index (χ0) is 15.6. The fraction of sp³-hybridized carbons (Fsp3) is 0.231. The number of benzene rings is 1. The largest absolute Gasteiger partial charge is 0.337 e. The third-order valence-electron chi connectivity index (χ3n) is 3.05. The van der Waals surface area contributed by atoms with E-state index in [1.54, 1.807) is 25.5 Å². The third-order valence-corrected chi connectivity index (χ3v) is 3.89. The van der Waals surface area contributed by atoms with Crippen molar-refractivity contribution >= 4 is 27.5 Å². The van der Waals surface area contributed by atoms with Crippen LogP contribution in [0, 0.1) is 10.1 Å². The van der Waals surface area contributed by atoms with Gasteiger partial charge in [-0.25, -0.2) is 4.98 Å². The molecule has 1 amide bonds. The van der Waals surface area contributed by atoms with Crippen LogP contribution in [0.4, 0.5) is 5.69 Å². The lowest BCUT2D eigenvalue weighted by atomic mass is 10.2. The minimum atomic E-state index is -0.528. The quantitative estimate of drug-likeness (QED) is 0.624. The molecule has 1 heterocycles. The summed E-state index contributed by atoms with van der Waals surface area (Å²) < 4.78 is 2.00. The van der Waals surface area contributed by atoms with Crippen LogP contribution in [0.1, 0.15) is 16.2 Å². The molecule has 0 fully saturated rings. The van der Waals surface area contributed by atoms with Crippen molar-refractivity contribution in [3.05, 3.63) is 56.6 Å². The molecule has 8 heteroatoms. The summed E-state index contributed by atoms with van der Waals surface area (Å²) in [5.74, 6) is 0.418. The highest BCUT2D eigenvalue weighted by Gasteiger charge is 2.22. The predicted octanol–water partition coefficient (Wildman–Crippen LogP) is 2.36. The number of hydrogen-bond donors (Lipinski definition) is 0. The molecule has 2 rings (SSSR count). The molecule has 110 valence electrons. The lowest BCUT2D eigenvalue weighted by Gasteiger charge is -2.17. The normalized spacial score (nSPS) is 10.4. The van der Waals surface area contributed by atoms with Crippen LogP contribution in [-0.2, 0) is 13.6 Å². The summed E-state index contributed by atoms with van der Waals surface area (Å²) in [6.07, 6.45) is 3.44. The van der Waals surface area contributed by atoms with E-state index in [-0.39, 0.29) is 21.6 Å². The van der Waals surface area contributed by atoms with Crippen LogP contribution in [-0.4, -0.2) is 32.3 Å². The molecule has 1 aromatic carbocycles. The van der Waals surface area contributed by atoms with Gasteiger partial charge in [-0.3, -0.25) is 14.9 Å². The van der Waals surface area contributed by atoms with E-state index < -0.39 is 4.92 Å². The summed E-state index contributed by atoms with van der Waals surface area (Å²) in [5.41, 5.74) is 0.118. The molecule has 0 N–H and O–H groups in total. The Morgan fingerprint density at radius 1 is 1.52 bits per heavy atom. The number of nitro benzene ring substituents is 1. The van der Waals surface area contributed by atoms with Gasteiger partial charge in [-0.2, -0.15) is 0 Å². The number of carbonyl (C=O) groups excluding carboxylic acids is 1. The second-order valence-electron chi connectivity index (χ2n) is 4.51. The van der Waals surface area contributed by atoms with Crippen molar-refractivity contribution in [2.45, 2.75) is 6.54 Å². The van der Waals surface area contributed by atoms with Crippen LogP contribution in [0.25, 0.3) is 0 Å². The molecule has 0 bridgehead atoms. The Morgan fingerprint density at radius 2 is 2.24 bits per heavy atom. The lowest BCUT2D eigenvalue weighted by Crippen LogP contribution is -2.27. The van der Waals surface area contributed by atoms with Gasteiger partial charge in [0.15, 0.2) is 0 Å². The molecule has 0 aliphatic carbocycles. The van der Waals surface area contributed by atoms with Gasteiger partial charge in [0.2, 0.25) is 0 Å². The molecular weight excluding hydrogens is 340 g/mol. The first-order chi connectivity index (χ1) is 9.91. The fourth-order valence-electron chi connectivity index (χ4n) is 1.86. The van der Waals surface area contributed by atoms with E-state index in [2.05, 4.69) is 20.9 Å². The van der Waals surface area contributed by atoms with Gasteiger partial charge in [0, 0.05) is 32.6 Å². The van der Waals surface area contributed by atoms with Crippen molar-refractivity contribution in [3.63, 3.8) is 0 Å². The maximum Gasteiger partial charge on any atom is 0.284 e. The summed E-state index contributed by atoms with van der Waals surface area (Å²) in [6, 6.07) is 4.39. The van der Waals surface area contributed by atoms with Crippen molar-refractivity contribution in [3.8, 4) is 0 Å². The van der Waals surface area contributed by atoms with Crippen LogP contribution in [0.2, 0.25) is 0 Å². The first-order valence-corrected chi connectivity index (χ1v) is 6.85. The number of nitro groups is 1. The minimum absolute atomic E-state index is 0.133. The molecule has 1 aromatic heterocycles. The monoisotopic (exact) mass is 352 g/mol. The molecule has 7 nitrogen and oxygen atoms in total. The second kappa shape index (κ2) is 6.04. The van der Waals surface area contributed by atoms with E-state index in [1.807, 2.05) is 11.6 Å². The number of hydrogen-bond acceptors (Lipinski definition) is 4. The van der Waals surface area contributed by atoms with Gasteiger partial charge in [-0.1, -0.05) is 6.07 Å². The Bertz CT molecular complexity index is 698. The van der Waals surface area contributed by atoms with Crippen LogP contribution in [0.5, 0.6) is 0 Å². The summed E-state index contributed by atoms with van der Waals surface area (Å²) in [7, 11) is 3.46. The molecule has 0 atom stereocenters. The highest BCUT2D eigenvalue weighted by molar-refractivity contribution is 9.10. The van der Waals surface area contributed by atoms with Crippen molar-refractivity contribution in [1.29, 1.82) is 0 Å². The number of halogens is 1. The number of amides is 1. The van der Waals surface area contributed by atoms with Crippen molar-refractivity contribution in [1.82, 2.24) is 14.5 Å². The lowest BCUT2D eigenvalue weighted by molar-refractivity contribution is -0.385. The first-order valence-electron chi connectivity index (χ1n) is 6.06. The summed E-state index contributed by atoms with van der Waals surface area (Å²) in [5, 5.41) is 10.9. The van der Waals surface area contributed by atoms with Crippen LogP contribution in [0.15, 0.2) is 35.1 Å². The molecule has 0 aliphatic rings. The minimum Gasteiger partial charge on any atom is -0.337 e. The SMILES string of the molecule is CN(Cc1nccn1C)C(=O)c1cccc([N+](=O)[O-])c1Br. The van der Waals surface area contributed by atoms with Crippen LogP contribution in [0.3, 0.4) is 0 Å². The average Bonchev–Trinajstić information content (AvgIpc) is 2.83. The molecular formula is C13H13BrN4O3. The molecule has 0 saturated heterocycles. The highest BCUT2D eigenvalue weighted by Crippen LogP contribution is 2.29. The number of aryl methyl sites for hydroxylation is 1. The number of carbonyl (C=O) groups is 1. The standard InChI is InChI=1S/C13H13BrN4O3/c1-16-7-6-15-11(16)8-17(2)13(19)9-4-3-5-10(12(9)14)18(20)21/h3-7H,8H2,1-2H3. The first kappa shape index (κ1) is 15.2. The van der Waals surface area contributed by atoms with Gasteiger partial charge in [0.25, 0.3) is 11.6 Å². The van der Waals surface area contributed by atoms with Gasteiger partial charge in [0.05, 0.1) is 17.0 Å². The Hall–Kier alpha value is -2.22. The Kier molecular flexibility index (Phi) is 4.37. The summed E-state index contributed by atoms with van der Waals surface area (Å²) >= 11 is 3.13. The molecule has 0 spiro atoms. The van der Waals surface area contributed by atoms with Gasteiger partial charge in [0.1, 0.15) is 10.3 Å². The van der Waals surface area contributed by atoms with E-state index in [1.165, 1.54) is 17.0 Å².